The van der Waals surface area contributed by atoms with E-state index in [1.54, 1.807) is 4.90 Å². The fourth-order valence-corrected chi connectivity index (χ4v) is 4.69. The number of rotatable bonds is 2. The van der Waals surface area contributed by atoms with E-state index < -0.39 is 0 Å². The lowest BCUT2D eigenvalue weighted by atomic mass is 9.89. The maximum atomic E-state index is 12.5. The molecule has 1 aliphatic carbocycles. The second-order valence-corrected chi connectivity index (χ2v) is 7.39. The summed E-state index contributed by atoms with van der Waals surface area (Å²) in [7, 11) is 1.36. The van der Waals surface area contributed by atoms with Crippen LogP contribution in [0.3, 0.4) is 0 Å². The number of nitrogens with one attached hydrogen (secondary N) is 1. The summed E-state index contributed by atoms with van der Waals surface area (Å²) in [5, 5.41) is 13.1. The Hall–Kier alpha value is -2.07. The molecule has 0 saturated heterocycles. The largest absolute Gasteiger partial charge is 0.453 e. The number of methoxy groups -OCH3 is 1. The Labute approximate surface area is 145 Å². The molecule has 3 rings (SSSR count). The SMILES string of the molecule is COC(=O)N1CCc2c(sc(NC(=O)C3CCCCC3)c2C#N)C1. The number of amides is 2. The zero-order valence-corrected chi connectivity index (χ0v) is 14.6. The van der Waals surface area contributed by atoms with Gasteiger partial charge in [0.1, 0.15) is 11.1 Å². The minimum atomic E-state index is -0.361. The van der Waals surface area contributed by atoms with Crippen molar-refractivity contribution in [1.82, 2.24) is 4.90 Å². The minimum Gasteiger partial charge on any atom is -0.453 e. The number of nitrogens with zero attached hydrogens (tertiary/aromatic N) is 2. The third kappa shape index (κ3) is 3.24. The molecule has 2 aliphatic rings. The molecule has 1 aromatic heterocycles. The summed E-state index contributed by atoms with van der Waals surface area (Å²) in [5.41, 5.74) is 1.52. The molecule has 0 spiro atoms. The van der Waals surface area contributed by atoms with Crippen molar-refractivity contribution in [1.29, 1.82) is 5.26 Å². The highest BCUT2D eigenvalue weighted by molar-refractivity contribution is 7.16. The number of fused-ring (bicyclic) bond motifs is 1. The average Bonchev–Trinajstić information content (AvgIpc) is 2.97. The van der Waals surface area contributed by atoms with Gasteiger partial charge in [-0.2, -0.15) is 5.26 Å². The first-order valence-corrected chi connectivity index (χ1v) is 9.14. The van der Waals surface area contributed by atoms with Crippen LogP contribution in [0.1, 0.15) is 48.1 Å². The predicted octanol–water partition coefficient (Wildman–Crippen LogP) is 3.26. The predicted molar refractivity (Wildman–Crippen MR) is 90.8 cm³/mol. The summed E-state index contributed by atoms with van der Waals surface area (Å²) >= 11 is 1.41. The van der Waals surface area contributed by atoms with E-state index in [-0.39, 0.29) is 17.9 Å². The molecular weight excluding hydrogens is 326 g/mol. The van der Waals surface area contributed by atoms with Crippen molar-refractivity contribution in [2.75, 3.05) is 19.0 Å². The highest BCUT2D eigenvalue weighted by Gasteiger charge is 2.29. The van der Waals surface area contributed by atoms with Crippen LogP contribution < -0.4 is 5.32 Å². The standard InChI is InChI=1S/C17H21N3O3S/c1-23-17(22)20-8-7-12-13(9-18)16(24-14(12)10-20)19-15(21)11-5-3-2-4-6-11/h11H,2-8,10H2,1H3,(H,19,21). The second-order valence-electron chi connectivity index (χ2n) is 6.29. The number of hydrogen-bond donors (Lipinski definition) is 1. The molecule has 0 bridgehead atoms. The van der Waals surface area contributed by atoms with E-state index in [1.165, 1.54) is 24.9 Å². The number of ether oxygens (including phenoxy) is 1. The van der Waals surface area contributed by atoms with Gasteiger partial charge in [-0.1, -0.05) is 19.3 Å². The molecule has 7 heteroatoms. The molecule has 1 saturated carbocycles. The summed E-state index contributed by atoms with van der Waals surface area (Å²) in [6, 6.07) is 2.23. The van der Waals surface area contributed by atoms with E-state index in [2.05, 4.69) is 11.4 Å². The molecule has 128 valence electrons. The number of thiophene rings is 1. The van der Waals surface area contributed by atoms with Gasteiger partial charge in [-0.15, -0.1) is 11.3 Å². The van der Waals surface area contributed by atoms with Gasteiger partial charge >= 0.3 is 6.09 Å². The van der Waals surface area contributed by atoms with Crippen molar-refractivity contribution in [2.24, 2.45) is 5.92 Å². The molecule has 0 atom stereocenters. The van der Waals surface area contributed by atoms with Crippen LogP contribution in [0.15, 0.2) is 0 Å². The topological polar surface area (TPSA) is 82.4 Å². The normalized spacial score (nSPS) is 17.8. The lowest BCUT2D eigenvalue weighted by molar-refractivity contribution is -0.120. The molecular formula is C17H21N3O3S. The lowest BCUT2D eigenvalue weighted by Crippen LogP contribution is -2.35. The fraction of sp³-hybridized carbons (Fsp3) is 0.588. The molecule has 2 heterocycles. The molecule has 1 fully saturated rings. The molecule has 6 nitrogen and oxygen atoms in total. The molecule has 1 aliphatic heterocycles. The average molecular weight is 347 g/mol. The Balaban J connectivity index is 1.77. The van der Waals surface area contributed by atoms with Crippen LogP contribution in [0.5, 0.6) is 0 Å². The Morgan fingerprint density at radius 1 is 1.33 bits per heavy atom. The van der Waals surface area contributed by atoms with E-state index in [0.29, 0.717) is 30.1 Å². The molecule has 2 amide bonds. The zero-order valence-electron chi connectivity index (χ0n) is 13.8. The number of nitriles is 1. The van der Waals surface area contributed by atoms with E-state index in [4.69, 9.17) is 4.74 Å². The van der Waals surface area contributed by atoms with Crippen molar-refractivity contribution in [3.05, 3.63) is 16.0 Å². The van der Waals surface area contributed by atoms with Crippen LogP contribution in [-0.4, -0.2) is 30.6 Å². The fourth-order valence-electron chi connectivity index (χ4n) is 3.47. The van der Waals surface area contributed by atoms with Crippen molar-refractivity contribution < 1.29 is 14.3 Å². The molecule has 24 heavy (non-hydrogen) atoms. The first-order chi connectivity index (χ1) is 11.6. The molecule has 0 radical (unpaired) electrons. The van der Waals surface area contributed by atoms with Crippen LogP contribution in [0.4, 0.5) is 9.80 Å². The quantitative estimate of drug-likeness (QED) is 0.890. The monoisotopic (exact) mass is 347 g/mol. The third-order valence-electron chi connectivity index (χ3n) is 4.81. The van der Waals surface area contributed by atoms with Crippen molar-refractivity contribution in [3.63, 3.8) is 0 Å². The summed E-state index contributed by atoms with van der Waals surface area (Å²) in [4.78, 5) is 26.7. The van der Waals surface area contributed by atoms with Crippen LogP contribution in [0.2, 0.25) is 0 Å². The Bertz CT molecular complexity index is 686. The van der Waals surface area contributed by atoms with E-state index in [0.717, 1.165) is 36.1 Å². The van der Waals surface area contributed by atoms with Crippen LogP contribution in [-0.2, 0) is 22.5 Å². The first kappa shape index (κ1) is 16.8. The lowest BCUT2D eigenvalue weighted by Gasteiger charge is -2.25. The molecule has 1 N–H and O–H groups in total. The summed E-state index contributed by atoms with van der Waals surface area (Å²) in [5.74, 6) is 0.0746. The van der Waals surface area contributed by atoms with Gasteiger partial charge in [-0.3, -0.25) is 4.79 Å². The van der Waals surface area contributed by atoms with Gasteiger partial charge in [0.15, 0.2) is 0 Å². The van der Waals surface area contributed by atoms with E-state index in [1.807, 2.05) is 0 Å². The second kappa shape index (κ2) is 7.22. The summed E-state index contributed by atoms with van der Waals surface area (Å²) < 4.78 is 4.77. The first-order valence-electron chi connectivity index (χ1n) is 8.32. The number of carbonyl (C=O) groups is 2. The van der Waals surface area contributed by atoms with Crippen molar-refractivity contribution >= 4 is 28.3 Å². The minimum absolute atomic E-state index is 0.0228. The Morgan fingerprint density at radius 3 is 2.75 bits per heavy atom. The van der Waals surface area contributed by atoms with Gasteiger partial charge in [0.2, 0.25) is 5.91 Å². The third-order valence-corrected chi connectivity index (χ3v) is 5.95. The smallest absolute Gasteiger partial charge is 0.409 e. The Morgan fingerprint density at radius 2 is 2.08 bits per heavy atom. The van der Waals surface area contributed by atoms with Gasteiger partial charge in [0, 0.05) is 17.3 Å². The summed E-state index contributed by atoms with van der Waals surface area (Å²) in [6.07, 6.45) is 5.49. The van der Waals surface area contributed by atoms with Gasteiger partial charge in [0.25, 0.3) is 0 Å². The number of hydrogen-bond acceptors (Lipinski definition) is 5. The zero-order chi connectivity index (χ0) is 17.1. The van der Waals surface area contributed by atoms with Gasteiger partial charge in [-0.25, -0.2) is 4.79 Å². The van der Waals surface area contributed by atoms with Crippen molar-refractivity contribution in [3.8, 4) is 6.07 Å². The van der Waals surface area contributed by atoms with Crippen molar-refractivity contribution in [2.45, 2.75) is 45.1 Å². The number of anilines is 1. The molecule has 0 unspecified atom stereocenters. The molecule has 1 aromatic rings. The maximum Gasteiger partial charge on any atom is 0.409 e. The van der Waals surface area contributed by atoms with Gasteiger partial charge in [0.05, 0.1) is 19.2 Å². The molecule has 0 aromatic carbocycles. The number of carbonyl (C=O) groups excluding carboxylic acids is 2. The van der Waals surface area contributed by atoms with Crippen LogP contribution in [0.25, 0.3) is 0 Å². The van der Waals surface area contributed by atoms with E-state index in [9.17, 15) is 14.9 Å². The maximum absolute atomic E-state index is 12.5. The van der Waals surface area contributed by atoms with Crippen LogP contribution >= 0.6 is 11.3 Å². The summed E-state index contributed by atoms with van der Waals surface area (Å²) in [6.45, 7) is 0.960. The highest BCUT2D eigenvalue weighted by atomic mass is 32.1. The highest BCUT2D eigenvalue weighted by Crippen LogP contribution is 2.37. The van der Waals surface area contributed by atoms with Gasteiger partial charge < -0.3 is 15.0 Å². The van der Waals surface area contributed by atoms with Crippen LogP contribution in [0, 0.1) is 17.2 Å². The Kier molecular flexibility index (Phi) is 5.05. The van der Waals surface area contributed by atoms with Gasteiger partial charge in [-0.05, 0) is 24.8 Å². The van der Waals surface area contributed by atoms with E-state index >= 15 is 0 Å².